The van der Waals surface area contributed by atoms with Gasteiger partial charge in [0.1, 0.15) is 13.2 Å². The Balaban J connectivity index is 2.68. The van der Waals surface area contributed by atoms with Crippen molar-refractivity contribution in [3.63, 3.8) is 0 Å². The van der Waals surface area contributed by atoms with E-state index in [9.17, 15) is 19.2 Å². The van der Waals surface area contributed by atoms with Crippen molar-refractivity contribution in [2.75, 3.05) is 26.4 Å². The molecule has 2 N–H and O–H groups in total. The van der Waals surface area contributed by atoms with E-state index >= 15 is 0 Å². The van der Waals surface area contributed by atoms with Crippen LogP contribution in [0.1, 0.15) is 80.6 Å². The summed E-state index contributed by atoms with van der Waals surface area (Å²) in [5, 5.41) is 5.80. The molecule has 228 valence electrons. The molecule has 0 saturated heterocycles. The second-order valence-corrected chi connectivity index (χ2v) is 12.7. The van der Waals surface area contributed by atoms with Gasteiger partial charge in [0, 0.05) is 24.2 Å². The van der Waals surface area contributed by atoms with Gasteiger partial charge in [-0.2, -0.15) is 0 Å². The number of rotatable bonds is 15. The second kappa shape index (κ2) is 16.3. The molecular weight excluding hydrogens is 516 g/mol. The van der Waals surface area contributed by atoms with Gasteiger partial charge in [0.05, 0.1) is 6.61 Å². The second-order valence-electron chi connectivity index (χ2n) is 12.7. The van der Waals surface area contributed by atoms with Crippen LogP contribution in [0.2, 0.25) is 0 Å². The Bertz CT molecular complexity index is 900. The predicted molar refractivity (Wildman–Crippen MR) is 152 cm³/mol. The van der Waals surface area contributed by atoms with E-state index in [0.29, 0.717) is 31.4 Å². The van der Waals surface area contributed by atoms with Gasteiger partial charge in [0.2, 0.25) is 0 Å². The molecule has 0 aromatic carbocycles. The topological polar surface area (TPSA) is 129 Å². The average molecular weight is 567 g/mol. The molecule has 0 spiro atoms. The summed E-state index contributed by atoms with van der Waals surface area (Å²) in [6.07, 6.45) is 2.97. The first-order chi connectivity index (χ1) is 18.5. The number of hydrogen-bond donors (Lipinski definition) is 2. The molecule has 10 nitrogen and oxygen atoms in total. The van der Waals surface area contributed by atoms with E-state index in [1.807, 2.05) is 0 Å². The van der Waals surface area contributed by atoms with Crippen molar-refractivity contribution in [2.45, 2.75) is 92.7 Å². The zero-order chi connectivity index (χ0) is 30.5. The van der Waals surface area contributed by atoms with Gasteiger partial charge < -0.3 is 29.6 Å². The highest BCUT2D eigenvalue weighted by molar-refractivity contribution is 5.87. The molecular formula is C30H50N2O8. The minimum Gasteiger partial charge on any atom is -0.458 e. The van der Waals surface area contributed by atoms with Gasteiger partial charge in [0.15, 0.2) is 6.10 Å². The fourth-order valence-corrected chi connectivity index (χ4v) is 5.47. The van der Waals surface area contributed by atoms with Crippen LogP contribution in [0.4, 0.5) is 9.59 Å². The fourth-order valence-electron chi connectivity index (χ4n) is 5.47. The van der Waals surface area contributed by atoms with Crippen LogP contribution in [-0.2, 0) is 28.5 Å². The van der Waals surface area contributed by atoms with Gasteiger partial charge in [-0.1, -0.05) is 54.7 Å². The molecule has 0 aliphatic heterocycles. The number of ether oxygens (including phenoxy) is 4. The highest BCUT2D eigenvalue weighted by Gasteiger charge is 2.42. The van der Waals surface area contributed by atoms with E-state index in [-0.39, 0.29) is 35.7 Å². The van der Waals surface area contributed by atoms with Crippen LogP contribution in [0, 0.1) is 22.7 Å². The molecule has 0 heterocycles. The van der Waals surface area contributed by atoms with E-state index in [0.717, 1.165) is 31.8 Å². The van der Waals surface area contributed by atoms with Crippen molar-refractivity contribution >= 4 is 24.1 Å². The van der Waals surface area contributed by atoms with Gasteiger partial charge in [-0.15, -0.1) is 0 Å². The first kappa shape index (κ1) is 35.0. The molecule has 4 unspecified atom stereocenters. The predicted octanol–water partition coefficient (Wildman–Crippen LogP) is 5.31. The number of hydrogen-bond acceptors (Lipinski definition) is 8. The van der Waals surface area contributed by atoms with Crippen molar-refractivity contribution in [3.8, 4) is 0 Å². The van der Waals surface area contributed by atoms with Crippen LogP contribution in [0.25, 0.3) is 0 Å². The van der Waals surface area contributed by atoms with Crippen molar-refractivity contribution in [3.05, 3.63) is 24.8 Å². The third-order valence-corrected chi connectivity index (χ3v) is 6.74. The van der Waals surface area contributed by atoms with E-state index in [1.165, 1.54) is 6.92 Å². The summed E-state index contributed by atoms with van der Waals surface area (Å²) in [5.74, 6) is -0.249. The minimum absolute atomic E-state index is 0.0829. The van der Waals surface area contributed by atoms with E-state index in [2.05, 4.69) is 65.3 Å². The summed E-state index contributed by atoms with van der Waals surface area (Å²) in [6.45, 7) is 21.2. The molecule has 0 aromatic rings. The zero-order valence-electron chi connectivity index (χ0n) is 25.4. The Morgan fingerprint density at radius 3 is 2.25 bits per heavy atom. The lowest BCUT2D eigenvalue weighted by Gasteiger charge is -2.46. The van der Waals surface area contributed by atoms with Gasteiger partial charge in [-0.25, -0.2) is 19.2 Å². The van der Waals surface area contributed by atoms with Crippen molar-refractivity contribution in [1.29, 1.82) is 0 Å². The van der Waals surface area contributed by atoms with Gasteiger partial charge in [0.25, 0.3) is 0 Å². The Labute approximate surface area is 239 Å². The van der Waals surface area contributed by atoms with E-state index in [4.69, 9.17) is 18.9 Å². The number of carbonyl (C=O) groups excluding carboxylic acids is 4. The lowest BCUT2D eigenvalue weighted by atomic mass is 9.62. The lowest BCUT2D eigenvalue weighted by molar-refractivity contribution is -0.147. The molecule has 40 heavy (non-hydrogen) atoms. The number of alkyl carbamates (subject to hydrolysis) is 2. The molecule has 1 rings (SSSR count). The van der Waals surface area contributed by atoms with Crippen molar-refractivity contribution in [1.82, 2.24) is 10.6 Å². The maximum atomic E-state index is 12.7. The molecule has 2 amide bonds. The summed E-state index contributed by atoms with van der Waals surface area (Å²) in [4.78, 5) is 48.4. The van der Waals surface area contributed by atoms with Crippen LogP contribution < -0.4 is 10.6 Å². The van der Waals surface area contributed by atoms with Gasteiger partial charge in [-0.05, 0) is 61.7 Å². The van der Waals surface area contributed by atoms with Gasteiger partial charge >= 0.3 is 24.1 Å². The van der Waals surface area contributed by atoms with Crippen LogP contribution >= 0.6 is 0 Å². The van der Waals surface area contributed by atoms with Crippen LogP contribution in [0.5, 0.6) is 0 Å². The molecule has 1 aliphatic rings. The Hall–Kier alpha value is -3.04. The summed E-state index contributed by atoms with van der Waals surface area (Å²) in [7, 11) is 0. The SMILES string of the molecule is C=CC(=O)OCC(COC(=O)C(=C)C)OC(=O)NCC1(C)CC(NC(=O)OCCC(C)CC(C)C)CC(C)(C)C1. The highest BCUT2D eigenvalue weighted by Crippen LogP contribution is 2.45. The molecule has 0 radical (unpaired) electrons. The smallest absolute Gasteiger partial charge is 0.407 e. The summed E-state index contributed by atoms with van der Waals surface area (Å²) >= 11 is 0. The molecule has 1 fully saturated rings. The van der Waals surface area contributed by atoms with E-state index in [1.54, 1.807) is 0 Å². The molecule has 4 atom stereocenters. The largest absolute Gasteiger partial charge is 0.458 e. The van der Waals surface area contributed by atoms with Crippen LogP contribution in [-0.4, -0.2) is 62.6 Å². The Kier molecular flexibility index (Phi) is 14.2. The number of nitrogens with one attached hydrogen (secondary N) is 2. The zero-order valence-corrected chi connectivity index (χ0v) is 25.4. The normalized spacial score (nSPS) is 21.4. The third-order valence-electron chi connectivity index (χ3n) is 6.74. The van der Waals surface area contributed by atoms with Crippen molar-refractivity contribution in [2.24, 2.45) is 22.7 Å². The Morgan fingerprint density at radius 1 is 1.00 bits per heavy atom. The fraction of sp³-hybridized carbons (Fsp3) is 0.733. The molecule has 10 heteroatoms. The standard InChI is InChI=1S/C30H50N2O8/c1-10-25(33)38-16-24(17-39-26(34)21(4)5)40-27(35)31-19-30(9)15-23(14-29(7,8)18-30)32-28(36)37-12-11-22(6)13-20(2)3/h10,20,22-24H,1,4,11-19H2,2-3,5-9H3,(H,31,35)(H,32,36). The number of esters is 2. The molecule has 1 aliphatic carbocycles. The van der Waals surface area contributed by atoms with Gasteiger partial charge in [-0.3, -0.25) is 0 Å². The third kappa shape index (κ3) is 14.4. The molecule has 0 bridgehead atoms. The number of amides is 2. The highest BCUT2D eigenvalue weighted by atomic mass is 16.6. The minimum atomic E-state index is -1.02. The summed E-state index contributed by atoms with van der Waals surface area (Å²) in [6, 6.07) is -0.111. The maximum absolute atomic E-state index is 12.7. The van der Waals surface area contributed by atoms with Crippen molar-refractivity contribution < 1.29 is 38.1 Å². The summed E-state index contributed by atoms with van der Waals surface area (Å²) in [5.41, 5.74) is -0.228. The lowest BCUT2D eigenvalue weighted by Crippen LogP contribution is -2.50. The quantitative estimate of drug-likeness (QED) is 0.155. The Morgan fingerprint density at radius 2 is 1.65 bits per heavy atom. The first-order valence-corrected chi connectivity index (χ1v) is 14.0. The molecule has 0 aromatic heterocycles. The monoisotopic (exact) mass is 566 g/mol. The maximum Gasteiger partial charge on any atom is 0.407 e. The molecule has 1 saturated carbocycles. The first-order valence-electron chi connectivity index (χ1n) is 14.0. The van der Waals surface area contributed by atoms with Crippen LogP contribution in [0.3, 0.4) is 0 Å². The average Bonchev–Trinajstić information content (AvgIpc) is 2.82. The summed E-state index contributed by atoms with van der Waals surface area (Å²) < 4.78 is 20.9. The van der Waals surface area contributed by atoms with Crippen LogP contribution in [0.15, 0.2) is 24.8 Å². The number of carbonyl (C=O) groups is 4. The van der Waals surface area contributed by atoms with E-state index < -0.39 is 30.2 Å².